The highest BCUT2D eigenvalue weighted by Crippen LogP contribution is 2.21. The van der Waals surface area contributed by atoms with Gasteiger partial charge in [0.2, 0.25) is 0 Å². The molecule has 0 atom stereocenters. The van der Waals surface area contributed by atoms with Crippen LogP contribution in [0.4, 0.5) is 5.69 Å². The molecule has 27 heavy (non-hydrogen) atoms. The number of carbonyl (C=O) groups is 1. The molecule has 2 aliphatic rings. The molecule has 2 fully saturated rings. The van der Waals surface area contributed by atoms with Crippen LogP contribution in [0.1, 0.15) is 34.5 Å². The molecule has 6 nitrogen and oxygen atoms in total. The summed E-state index contributed by atoms with van der Waals surface area (Å²) in [6.45, 7) is 6.78. The van der Waals surface area contributed by atoms with E-state index in [9.17, 15) is 4.79 Å². The highest BCUT2D eigenvalue weighted by molar-refractivity contribution is 5.93. The number of benzene rings is 1. The van der Waals surface area contributed by atoms with E-state index in [1.54, 1.807) is 6.26 Å². The smallest absolute Gasteiger partial charge is 0.254 e. The first-order valence-electron chi connectivity index (χ1n) is 9.77. The number of hydrogen-bond acceptors (Lipinski definition) is 5. The monoisotopic (exact) mass is 369 g/mol. The van der Waals surface area contributed by atoms with Crippen LogP contribution in [-0.4, -0.2) is 50.2 Å². The molecule has 2 aromatic rings. The SMILES string of the molecule is O=C(NCc1cccc(N2CCCC2)c1)c1coc(CN2CCOCC2)c1. The molecule has 2 aliphatic heterocycles. The summed E-state index contributed by atoms with van der Waals surface area (Å²) in [6.07, 6.45) is 4.06. The normalized spacial score (nSPS) is 18.0. The minimum Gasteiger partial charge on any atom is -0.467 e. The summed E-state index contributed by atoms with van der Waals surface area (Å²) >= 11 is 0. The largest absolute Gasteiger partial charge is 0.467 e. The Morgan fingerprint density at radius 1 is 1.07 bits per heavy atom. The number of carbonyl (C=O) groups excluding carboxylic acids is 1. The second kappa shape index (κ2) is 8.59. The van der Waals surface area contributed by atoms with Crippen LogP contribution in [0.3, 0.4) is 0 Å². The molecule has 0 aliphatic carbocycles. The van der Waals surface area contributed by atoms with Gasteiger partial charge in [0.1, 0.15) is 12.0 Å². The van der Waals surface area contributed by atoms with Crippen molar-refractivity contribution in [2.75, 3.05) is 44.3 Å². The van der Waals surface area contributed by atoms with Gasteiger partial charge in [-0.1, -0.05) is 12.1 Å². The zero-order valence-corrected chi connectivity index (χ0v) is 15.7. The maximum absolute atomic E-state index is 12.4. The molecular weight excluding hydrogens is 342 g/mol. The number of nitrogens with one attached hydrogen (secondary N) is 1. The van der Waals surface area contributed by atoms with Crippen molar-refractivity contribution in [3.05, 3.63) is 53.5 Å². The molecule has 1 N–H and O–H groups in total. The van der Waals surface area contributed by atoms with Gasteiger partial charge in [0.25, 0.3) is 5.91 Å². The first-order valence-corrected chi connectivity index (χ1v) is 9.77. The van der Waals surface area contributed by atoms with Crippen molar-refractivity contribution in [3.8, 4) is 0 Å². The average Bonchev–Trinajstić information content (AvgIpc) is 3.39. The Morgan fingerprint density at radius 2 is 1.89 bits per heavy atom. The molecule has 144 valence electrons. The third-order valence-electron chi connectivity index (χ3n) is 5.23. The number of morpholine rings is 1. The van der Waals surface area contributed by atoms with Gasteiger partial charge in [-0.15, -0.1) is 0 Å². The third-order valence-corrected chi connectivity index (χ3v) is 5.23. The lowest BCUT2D eigenvalue weighted by atomic mass is 10.2. The second-order valence-corrected chi connectivity index (χ2v) is 7.24. The van der Waals surface area contributed by atoms with Crippen LogP contribution in [0.15, 0.2) is 41.0 Å². The van der Waals surface area contributed by atoms with Crippen LogP contribution in [0.5, 0.6) is 0 Å². The Hall–Kier alpha value is -2.31. The van der Waals surface area contributed by atoms with E-state index in [0.717, 1.165) is 50.7 Å². The number of furan rings is 1. The van der Waals surface area contributed by atoms with E-state index in [1.165, 1.54) is 18.5 Å². The van der Waals surface area contributed by atoms with Gasteiger partial charge in [0.05, 0.1) is 25.3 Å². The second-order valence-electron chi connectivity index (χ2n) is 7.24. The number of amides is 1. The van der Waals surface area contributed by atoms with Crippen molar-refractivity contribution in [1.29, 1.82) is 0 Å². The van der Waals surface area contributed by atoms with E-state index < -0.39 is 0 Å². The van der Waals surface area contributed by atoms with Crippen LogP contribution in [0.2, 0.25) is 0 Å². The van der Waals surface area contributed by atoms with Crippen molar-refractivity contribution in [3.63, 3.8) is 0 Å². The van der Waals surface area contributed by atoms with Crippen molar-refractivity contribution in [2.24, 2.45) is 0 Å². The van der Waals surface area contributed by atoms with E-state index in [4.69, 9.17) is 9.15 Å². The van der Waals surface area contributed by atoms with Crippen molar-refractivity contribution < 1.29 is 13.9 Å². The van der Waals surface area contributed by atoms with Gasteiger partial charge in [-0.2, -0.15) is 0 Å². The quantitative estimate of drug-likeness (QED) is 0.848. The number of hydrogen-bond donors (Lipinski definition) is 1. The molecule has 1 aromatic carbocycles. The van der Waals surface area contributed by atoms with E-state index >= 15 is 0 Å². The van der Waals surface area contributed by atoms with Gasteiger partial charge >= 0.3 is 0 Å². The molecule has 4 rings (SSSR count). The van der Waals surface area contributed by atoms with Crippen LogP contribution in [0.25, 0.3) is 0 Å². The summed E-state index contributed by atoms with van der Waals surface area (Å²) in [4.78, 5) is 17.1. The minimum absolute atomic E-state index is 0.0986. The molecule has 0 spiro atoms. The molecule has 1 amide bonds. The third kappa shape index (κ3) is 4.70. The van der Waals surface area contributed by atoms with Crippen LogP contribution >= 0.6 is 0 Å². The number of nitrogens with zero attached hydrogens (tertiary/aromatic N) is 2. The van der Waals surface area contributed by atoms with Gasteiger partial charge < -0.3 is 19.4 Å². The predicted octanol–water partition coefficient (Wildman–Crippen LogP) is 2.64. The lowest BCUT2D eigenvalue weighted by molar-refractivity contribution is 0.0313. The van der Waals surface area contributed by atoms with Crippen LogP contribution < -0.4 is 10.2 Å². The Kier molecular flexibility index (Phi) is 5.75. The zero-order chi connectivity index (χ0) is 18.5. The fourth-order valence-electron chi connectivity index (χ4n) is 3.69. The Balaban J connectivity index is 1.31. The summed E-state index contributed by atoms with van der Waals surface area (Å²) in [6, 6.07) is 10.3. The topological polar surface area (TPSA) is 58.0 Å². The number of rotatable bonds is 6. The first kappa shape index (κ1) is 18.1. The summed E-state index contributed by atoms with van der Waals surface area (Å²) in [5, 5.41) is 3.00. The molecular formula is C21H27N3O3. The summed E-state index contributed by atoms with van der Waals surface area (Å²) < 4.78 is 10.9. The molecule has 0 saturated carbocycles. The van der Waals surface area contributed by atoms with Crippen molar-refractivity contribution >= 4 is 11.6 Å². The molecule has 0 unspecified atom stereocenters. The summed E-state index contributed by atoms with van der Waals surface area (Å²) in [7, 11) is 0. The lowest BCUT2D eigenvalue weighted by Crippen LogP contribution is -2.35. The highest BCUT2D eigenvalue weighted by atomic mass is 16.5. The molecule has 1 aromatic heterocycles. The Bertz CT molecular complexity index is 762. The van der Waals surface area contributed by atoms with Crippen LogP contribution in [-0.2, 0) is 17.8 Å². The fourth-order valence-corrected chi connectivity index (χ4v) is 3.69. The van der Waals surface area contributed by atoms with E-state index in [2.05, 4.69) is 39.4 Å². The maximum atomic E-state index is 12.4. The summed E-state index contributed by atoms with van der Waals surface area (Å²) in [5.41, 5.74) is 2.94. The van der Waals surface area contributed by atoms with Gasteiger partial charge in [0, 0.05) is 38.4 Å². The molecule has 0 bridgehead atoms. The van der Waals surface area contributed by atoms with E-state index in [1.807, 2.05) is 6.07 Å². The number of anilines is 1. The summed E-state index contributed by atoms with van der Waals surface area (Å²) in [5.74, 6) is 0.719. The van der Waals surface area contributed by atoms with Crippen LogP contribution in [0, 0.1) is 0 Å². The molecule has 3 heterocycles. The molecule has 2 saturated heterocycles. The molecule has 6 heteroatoms. The van der Waals surface area contributed by atoms with Gasteiger partial charge in [-0.3, -0.25) is 9.69 Å². The molecule has 0 radical (unpaired) electrons. The van der Waals surface area contributed by atoms with E-state index in [0.29, 0.717) is 18.7 Å². The number of ether oxygens (including phenoxy) is 1. The predicted molar refractivity (Wildman–Crippen MR) is 104 cm³/mol. The standard InChI is InChI=1S/C21H27N3O3/c25-21(18-13-20(27-16-18)15-23-8-10-26-11-9-23)22-14-17-4-3-5-19(12-17)24-6-1-2-7-24/h3-5,12-13,16H,1-2,6-11,14-15H2,(H,22,25). The highest BCUT2D eigenvalue weighted by Gasteiger charge is 2.16. The fraction of sp³-hybridized carbons (Fsp3) is 0.476. The van der Waals surface area contributed by atoms with Crippen molar-refractivity contribution in [1.82, 2.24) is 10.2 Å². The first-order chi connectivity index (χ1) is 13.3. The van der Waals surface area contributed by atoms with Gasteiger partial charge in [0.15, 0.2) is 0 Å². The lowest BCUT2D eigenvalue weighted by Gasteiger charge is -2.25. The minimum atomic E-state index is -0.0986. The van der Waals surface area contributed by atoms with E-state index in [-0.39, 0.29) is 5.91 Å². The average molecular weight is 369 g/mol. The van der Waals surface area contributed by atoms with Crippen molar-refractivity contribution in [2.45, 2.75) is 25.9 Å². The Labute approximate surface area is 160 Å². The maximum Gasteiger partial charge on any atom is 0.254 e. The Morgan fingerprint density at radius 3 is 2.70 bits per heavy atom. The zero-order valence-electron chi connectivity index (χ0n) is 15.7. The van der Waals surface area contributed by atoms with Gasteiger partial charge in [-0.25, -0.2) is 0 Å². The van der Waals surface area contributed by atoms with Gasteiger partial charge in [-0.05, 0) is 36.6 Å².